The van der Waals surface area contributed by atoms with Crippen LogP contribution in [0.5, 0.6) is 0 Å². The fourth-order valence-electron chi connectivity index (χ4n) is 2.09. The van der Waals surface area contributed by atoms with Gasteiger partial charge in [-0.3, -0.25) is 0 Å². The maximum Gasteiger partial charge on any atom is 0.161 e. The highest BCUT2D eigenvalue weighted by molar-refractivity contribution is 6.42. The highest BCUT2D eigenvalue weighted by Gasteiger charge is 2.12. The minimum atomic E-state index is 0.513. The van der Waals surface area contributed by atoms with E-state index in [1.807, 2.05) is 6.07 Å². The molecule has 0 atom stereocenters. The van der Waals surface area contributed by atoms with Crippen LogP contribution in [0.25, 0.3) is 11.4 Å². The summed E-state index contributed by atoms with van der Waals surface area (Å²) in [6, 6.07) is 5.47. The van der Waals surface area contributed by atoms with Gasteiger partial charge in [0.15, 0.2) is 5.82 Å². The van der Waals surface area contributed by atoms with Crippen LogP contribution in [0.3, 0.4) is 0 Å². The zero-order valence-electron chi connectivity index (χ0n) is 12.5. The molecular weight excluding hydrogens is 305 g/mol. The van der Waals surface area contributed by atoms with Gasteiger partial charge in [0.2, 0.25) is 0 Å². The summed E-state index contributed by atoms with van der Waals surface area (Å²) in [7, 11) is 0. The number of benzene rings is 1. The lowest BCUT2D eigenvalue weighted by molar-refractivity contribution is 0.936. The van der Waals surface area contributed by atoms with Gasteiger partial charge in [0.25, 0.3) is 0 Å². The Morgan fingerprint density at radius 3 is 2.48 bits per heavy atom. The maximum atomic E-state index is 6.09. The number of nitrogens with one attached hydrogen (secondary N) is 1. The average molecular weight is 324 g/mol. The second-order valence-corrected chi connectivity index (χ2v) is 5.69. The van der Waals surface area contributed by atoms with Crippen LogP contribution in [0.4, 0.5) is 5.82 Å². The van der Waals surface area contributed by atoms with Gasteiger partial charge in [-0.15, -0.1) is 0 Å². The van der Waals surface area contributed by atoms with Crippen LogP contribution < -0.4 is 5.32 Å². The zero-order valence-corrected chi connectivity index (χ0v) is 14.0. The monoisotopic (exact) mass is 323 g/mol. The molecule has 0 saturated heterocycles. The predicted molar refractivity (Wildman–Crippen MR) is 90.4 cm³/mol. The van der Waals surface area contributed by atoms with Gasteiger partial charge >= 0.3 is 0 Å². The number of rotatable bonds is 5. The Hall–Kier alpha value is -1.32. The smallest absolute Gasteiger partial charge is 0.161 e. The van der Waals surface area contributed by atoms with Crippen LogP contribution in [0, 0.1) is 6.92 Å². The molecule has 112 valence electrons. The minimum Gasteiger partial charge on any atom is -0.370 e. The third-order valence-corrected chi connectivity index (χ3v) is 4.04. The van der Waals surface area contributed by atoms with E-state index < -0.39 is 0 Å². The van der Waals surface area contributed by atoms with Crippen molar-refractivity contribution in [2.24, 2.45) is 0 Å². The highest BCUT2D eigenvalue weighted by atomic mass is 35.5. The molecule has 1 aromatic heterocycles. The van der Waals surface area contributed by atoms with Gasteiger partial charge in [-0.25, -0.2) is 9.97 Å². The first-order valence-corrected chi connectivity index (χ1v) is 7.89. The van der Waals surface area contributed by atoms with E-state index in [1.54, 1.807) is 12.1 Å². The van der Waals surface area contributed by atoms with Crippen LogP contribution >= 0.6 is 23.2 Å². The Bertz CT molecular complexity index is 642. The minimum absolute atomic E-state index is 0.513. The first-order chi connectivity index (χ1) is 10.1. The predicted octanol–water partition coefficient (Wildman–Crippen LogP) is 5.14. The molecule has 0 bridgehead atoms. The lowest BCUT2D eigenvalue weighted by Crippen LogP contribution is -2.08. The fraction of sp³-hybridized carbons (Fsp3) is 0.375. The van der Waals surface area contributed by atoms with Crippen molar-refractivity contribution in [3.8, 4) is 11.4 Å². The van der Waals surface area contributed by atoms with E-state index in [-0.39, 0.29) is 0 Å². The fourth-order valence-corrected chi connectivity index (χ4v) is 2.39. The van der Waals surface area contributed by atoms with Crippen molar-refractivity contribution >= 4 is 29.0 Å². The van der Waals surface area contributed by atoms with Gasteiger partial charge < -0.3 is 5.32 Å². The zero-order chi connectivity index (χ0) is 15.4. The number of nitrogens with zero attached hydrogens (tertiary/aromatic N) is 2. The van der Waals surface area contributed by atoms with Crippen molar-refractivity contribution < 1.29 is 0 Å². The number of aryl methyl sites for hydroxylation is 1. The molecule has 0 aliphatic heterocycles. The molecule has 0 spiro atoms. The van der Waals surface area contributed by atoms with Crippen molar-refractivity contribution in [2.75, 3.05) is 11.9 Å². The molecule has 0 saturated carbocycles. The molecule has 2 rings (SSSR count). The number of aromatic nitrogens is 2. The second kappa shape index (κ2) is 7.10. The first-order valence-electron chi connectivity index (χ1n) is 7.13. The first kappa shape index (κ1) is 16.1. The van der Waals surface area contributed by atoms with Crippen LogP contribution in [0.2, 0.25) is 10.0 Å². The standard InChI is InChI=1S/C16H19Cl2N3/c1-4-8-19-15-10(3)14(5-2)20-16(21-15)11-6-7-12(17)13(18)9-11/h6-7,9H,4-5,8H2,1-3H3,(H,19,20,21). The Morgan fingerprint density at radius 2 is 1.86 bits per heavy atom. The van der Waals surface area contributed by atoms with E-state index >= 15 is 0 Å². The lowest BCUT2D eigenvalue weighted by atomic mass is 10.1. The van der Waals surface area contributed by atoms with E-state index in [0.29, 0.717) is 15.9 Å². The van der Waals surface area contributed by atoms with Crippen molar-refractivity contribution in [3.05, 3.63) is 39.5 Å². The van der Waals surface area contributed by atoms with Crippen LogP contribution in [-0.4, -0.2) is 16.5 Å². The van der Waals surface area contributed by atoms with Gasteiger partial charge in [0.05, 0.1) is 10.0 Å². The largest absolute Gasteiger partial charge is 0.370 e. The summed E-state index contributed by atoms with van der Waals surface area (Å²) in [6.45, 7) is 7.17. The molecule has 5 heteroatoms. The Morgan fingerprint density at radius 1 is 1.10 bits per heavy atom. The molecule has 0 aliphatic carbocycles. The SMILES string of the molecule is CCCNc1nc(-c2ccc(Cl)c(Cl)c2)nc(CC)c1C. The van der Waals surface area contributed by atoms with E-state index in [4.69, 9.17) is 23.2 Å². The average Bonchev–Trinajstić information content (AvgIpc) is 2.49. The summed E-state index contributed by atoms with van der Waals surface area (Å²) < 4.78 is 0. The quantitative estimate of drug-likeness (QED) is 0.827. The molecule has 0 aliphatic rings. The molecule has 0 amide bonds. The normalized spacial score (nSPS) is 10.7. The van der Waals surface area contributed by atoms with Gasteiger partial charge in [-0.05, 0) is 38.0 Å². The van der Waals surface area contributed by atoms with Crippen LogP contribution in [0.1, 0.15) is 31.5 Å². The van der Waals surface area contributed by atoms with E-state index in [2.05, 4.69) is 36.1 Å². The highest BCUT2D eigenvalue weighted by Crippen LogP contribution is 2.28. The number of anilines is 1. The molecule has 0 fully saturated rings. The number of hydrogen-bond donors (Lipinski definition) is 1. The topological polar surface area (TPSA) is 37.8 Å². The van der Waals surface area contributed by atoms with Crippen LogP contribution in [0.15, 0.2) is 18.2 Å². The third kappa shape index (κ3) is 3.66. The summed E-state index contributed by atoms with van der Waals surface area (Å²) in [5.41, 5.74) is 3.03. The van der Waals surface area contributed by atoms with Crippen molar-refractivity contribution in [1.29, 1.82) is 0 Å². The van der Waals surface area contributed by atoms with Gasteiger partial charge in [-0.2, -0.15) is 0 Å². The summed E-state index contributed by atoms with van der Waals surface area (Å²) in [6.07, 6.45) is 1.91. The van der Waals surface area contributed by atoms with E-state index in [0.717, 1.165) is 42.0 Å². The van der Waals surface area contributed by atoms with Gasteiger partial charge in [0.1, 0.15) is 5.82 Å². The number of halogens is 2. The second-order valence-electron chi connectivity index (χ2n) is 4.88. The molecule has 21 heavy (non-hydrogen) atoms. The molecule has 1 heterocycles. The molecule has 3 nitrogen and oxygen atoms in total. The van der Waals surface area contributed by atoms with E-state index in [9.17, 15) is 0 Å². The van der Waals surface area contributed by atoms with Crippen molar-refractivity contribution in [1.82, 2.24) is 9.97 Å². The lowest BCUT2D eigenvalue weighted by Gasteiger charge is -2.13. The molecule has 1 N–H and O–H groups in total. The maximum absolute atomic E-state index is 6.09. The summed E-state index contributed by atoms with van der Waals surface area (Å²) in [5.74, 6) is 1.57. The molecule has 0 unspecified atom stereocenters. The Labute approximate surface area is 135 Å². The van der Waals surface area contributed by atoms with Crippen molar-refractivity contribution in [2.45, 2.75) is 33.6 Å². The Kier molecular flexibility index (Phi) is 5.43. The molecule has 2 aromatic rings. The van der Waals surface area contributed by atoms with E-state index in [1.165, 1.54) is 0 Å². The third-order valence-electron chi connectivity index (χ3n) is 3.30. The molecule has 0 radical (unpaired) electrons. The van der Waals surface area contributed by atoms with Crippen molar-refractivity contribution in [3.63, 3.8) is 0 Å². The van der Waals surface area contributed by atoms with Gasteiger partial charge in [-0.1, -0.05) is 37.0 Å². The van der Waals surface area contributed by atoms with Gasteiger partial charge in [0, 0.05) is 23.4 Å². The Balaban J connectivity index is 2.49. The number of hydrogen-bond acceptors (Lipinski definition) is 3. The summed E-state index contributed by atoms with van der Waals surface area (Å²) in [4.78, 5) is 9.28. The summed E-state index contributed by atoms with van der Waals surface area (Å²) >= 11 is 12.1. The molecule has 1 aromatic carbocycles. The molecular formula is C16H19Cl2N3. The summed E-state index contributed by atoms with van der Waals surface area (Å²) in [5, 5.41) is 4.41. The van der Waals surface area contributed by atoms with Crippen LogP contribution in [-0.2, 0) is 6.42 Å².